The number of barbiturate groups is 1. The molecule has 1 aliphatic heterocycles. The summed E-state index contributed by atoms with van der Waals surface area (Å²) >= 11 is 0. The molecule has 1 aliphatic rings. The largest absolute Gasteiger partial charge is 0.462 e. The molecule has 148 valence electrons. The molecule has 2 heterocycles. The van der Waals surface area contributed by atoms with Crippen molar-refractivity contribution in [3.63, 3.8) is 0 Å². The number of esters is 1. The van der Waals surface area contributed by atoms with E-state index in [1.165, 1.54) is 12.2 Å². The predicted octanol–water partition coefficient (Wildman–Crippen LogP) is 2.77. The molecule has 8 heteroatoms. The standard InChI is InChI=1S/C21H18N2O6/c1-3-11-23-19(25)16(18(24)22-21(23)27)12-15-9-10-17(29-15)13-5-7-14(8-6-13)20(26)28-4-2/h3,5-10,12H,1,4,11H2,2H3,(H,22,24,27)/b16-12-. The Morgan fingerprint density at radius 1 is 1.17 bits per heavy atom. The van der Waals surface area contributed by atoms with Gasteiger partial charge in [-0.05, 0) is 37.3 Å². The number of ether oxygens (including phenoxy) is 1. The summed E-state index contributed by atoms with van der Waals surface area (Å²) in [6.07, 6.45) is 2.66. The molecule has 0 bridgehead atoms. The molecule has 0 unspecified atom stereocenters. The maximum absolute atomic E-state index is 12.4. The average Bonchev–Trinajstić information content (AvgIpc) is 3.17. The van der Waals surface area contributed by atoms with E-state index >= 15 is 0 Å². The molecule has 0 spiro atoms. The topological polar surface area (TPSA) is 106 Å². The maximum Gasteiger partial charge on any atom is 0.338 e. The molecule has 1 fully saturated rings. The van der Waals surface area contributed by atoms with Crippen LogP contribution in [0.15, 0.2) is 59.0 Å². The zero-order valence-corrected chi connectivity index (χ0v) is 15.6. The van der Waals surface area contributed by atoms with Gasteiger partial charge in [-0.25, -0.2) is 9.59 Å². The second-order valence-corrected chi connectivity index (χ2v) is 6.02. The van der Waals surface area contributed by atoms with Crippen LogP contribution in [0.5, 0.6) is 0 Å². The van der Waals surface area contributed by atoms with E-state index in [0.29, 0.717) is 23.5 Å². The Labute approximate surface area is 166 Å². The van der Waals surface area contributed by atoms with Gasteiger partial charge >= 0.3 is 12.0 Å². The van der Waals surface area contributed by atoms with Crippen molar-refractivity contribution in [3.05, 3.63) is 65.9 Å². The molecule has 0 radical (unpaired) electrons. The third-order valence-corrected chi connectivity index (χ3v) is 4.09. The lowest BCUT2D eigenvalue weighted by Crippen LogP contribution is -2.54. The third-order valence-electron chi connectivity index (χ3n) is 4.09. The summed E-state index contributed by atoms with van der Waals surface area (Å²) in [5.74, 6) is -1.19. The lowest BCUT2D eigenvalue weighted by Gasteiger charge is -2.24. The summed E-state index contributed by atoms with van der Waals surface area (Å²) in [6.45, 7) is 5.49. The summed E-state index contributed by atoms with van der Waals surface area (Å²) in [4.78, 5) is 48.8. The Morgan fingerprint density at radius 3 is 2.55 bits per heavy atom. The first-order valence-electron chi connectivity index (χ1n) is 8.81. The molecule has 4 amide bonds. The molecule has 2 aromatic rings. The number of hydrogen-bond donors (Lipinski definition) is 1. The molecule has 1 saturated heterocycles. The molecule has 1 aromatic heterocycles. The third kappa shape index (κ3) is 4.16. The van der Waals surface area contributed by atoms with Gasteiger partial charge in [0.1, 0.15) is 17.1 Å². The number of hydrogen-bond acceptors (Lipinski definition) is 6. The van der Waals surface area contributed by atoms with Crippen molar-refractivity contribution in [3.8, 4) is 11.3 Å². The zero-order valence-electron chi connectivity index (χ0n) is 15.6. The first-order valence-corrected chi connectivity index (χ1v) is 8.81. The summed E-state index contributed by atoms with van der Waals surface area (Å²) in [7, 11) is 0. The van der Waals surface area contributed by atoms with Gasteiger partial charge in [-0.2, -0.15) is 0 Å². The molecule has 8 nitrogen and oxygen atoms in total. The summed E-state index contributed by atoms with van der Waals surface area (Å²) in [5, 5.41) is 2.11. The highest BCUT2D eigenvalue weighted by atomic mass is 16.5. The van der Waals surface area contributed by atoms with E-state index in [1.807, 2.05) is 0 Å². The molecular weight excluding hydrogens is 376 g/mol. The van der Waals surface area contributed by atoms with Gasteiger partial charge in [-0.3, -0.25) is 19.8 Å². The van der Waals surface area contributed by atoms with Crippen LogP contribution in [0.3, 0.4) is 0 Å². The van der Waals surface area contributed by atoms with Crippen LogP contribution in [-0.2, 0) is 14.3 Å². The van der Waals surface area contributed by atoms with Crippen molar-refractivity contribution in [2.75, 3.05) is 13.2 Å². The van der Waals surface area contributed by atoms with Gasteiger partial charge in [0.15, 0.2) is 0 Å². The number of nitrogens with one attached hydrogen (secondary N) is 1. The fraction of sp³-hybridized carbons (Fsp3) is 0.143. The summed E-state index contributed by atoms with van der Waals surface area (Å²) < 4.78 is 10.6. The average molecular weight is 394 g/mol. The van der Waals surface area contributed by atoms with Crippen molar-refractivity contribution in [1.82, 2.24) is 10.2 Å². The van der Waals surface area contributed by atoms with Crippen LogP contribution in [0.1, 0.15) is 23.0 Å². The van der Waals surface area contributed by atoms with E-state index in [9.17, 15) is 19.2 Å². The Kier molecular flexibility index (Phi) is 5.73. The molecule has 0 aliphatic carbocycles. The SMILES string of the molecule is C=CCN1C(=O)NC(=O)/C(=C/c2ccc(-c3ccc(C(=O)OCC)cc3)o2)C1=O. The van der Waals surface area contributed by atoms with E-state index < -0.39 is 23.8 Å². The minimum Gasteiger partial charge on any atom is -0.462 e. The zero-order chi connectivity index (χ0) is 21.0. The van der Waals surface area contributed by atoms with Gasteiger partial charge in [0.2, 0.25) is 0 Å². The Bertz CT molecular complexity index is 1020. The second kappa shape index (κ2) is 8.39. The van der Waals surface area contributed by atoms with Gasteiger partial charge in [-0.1, -0.05) is 18.2 Å². The predicted molar refractivity (Wildman–Crippen MR) is 104 cm³/mol. The highest BCUT2D eigenvalue weighted by Gasteiger charge is 2.35. The molecule has 3 rings (SSSR count). The fourth-order valence-electron chi connectivity index (χ4n) is 2.70. The minimum absolute atomic E-state index is 0.0223. The van der Waals surface area contributed by atoms with E-state index in [1.54, 1.807) is 43.3 Å². The number of rotatable bonds is 6. The van der Waals surface area contributed by atoms with Crippen LogP contribution < -0.4 is 5.32 Å². The van der Waals surface area contributed by atoms with Crippen LogP contribution in [0.2, 0.25) is 0 Å². The number of amides is 4. The van der Waals surface area contributed by atoms with E-state index in [2.05, 4.69) is 11.9 Å². The maximum atomic E-state index is 12.4. The van der Waals surface area contributed by atoms with Gasteiger partial charge in [-0.15, -0.1) is 6.58 Å². The molecule has 29 heavy (non-hydrogen) atoms. The van der Waals surface area contributed by atoms with Crippen LogP contribution >= 0.6 is 0 Å². The number of urea groups is 1. The van der Waals surface area contributed by atoms with Gasteiger partial charge in [0.25, 0.3) is 11.8 Å². The highest BCUT2D eigenvalue weighted by molar-refractivity contribution is 6.30. The van der Waals surface area contributed by atoms with Crippen LogP contribution in [-0.4, -0.2) is 41.9 Å². The van der Waals surface area contributed by atoms with Crippen LogP contribution in [0.4, 0.5) is 4.79 Å². The monoisotopic (exact) mass is 394 g/mol. The van der Waals surface area contributed by atoms with E-state index in [0.717, 1.165) is 4.90 Å². The van der Waals surface area contributed by atoms with Crippen molar-refractivity contribution < 1.29 is 28.3 Å². The number of furan rings is 1. The molecule has 0 atom stereocenters. The molecule has 0 saturated carbocycles. The quantitative estimate of drug-likeness (QED) is 0.350. The normalized spacial score (nSPS) is 15.4. The summed E-state index contributed by atoms with van der Waals surface area (Å²) in [6, 6.07) is 9.10. The fourth-order valence-corrected chi connectivity index (χ4v) is 2.70. The highest BCUT2D eigenvalue weighted by Crippen LogP contribution is 2.25. The van der Waals surface area contributed by atoms with Crippen molar-refractivity contribution in [1.29, 1.82) is 0 Å². The number of carbonyl (C=O) groups excluding carboxylic acids is 4. The van der Waals surface area contributed by atoms with E-state index in [4.69, 9.17) is 9.15 Å². The molecule has 1 aromatic carbocycles. The van der Waals surface area contributed by atoms with Gasteiger partial charge in [0.05, 0.1) is 12.2 Å². The van der Waals surface area contributed by atoms with E-state index in [-0.39, 0.29) is 17.9 Å². The summed E-state index contributed by atoms with van der Waals surface area (Å²) in [5.41, 5.74) is 0.900. The van der Waals surface area contributed by atoms with Crippen LogP contribution in [0.25, 0.3) is 17.4 Å². The van der Waals surface area contributed by atoms with Crippen LogP contribution in [0, 0.1) is 0 Å². The number of imide groups is 2. The Morgan fingerprint density at radius 2 is 1.90 bits per heavy atom. The first-order chi connectivity index (χ1) is 13.9. The molecule has 1 N–H and O–H groups in total. The minimum atomic E-state index is -0.794. The lowest BCUT2D eigenvalue weighted by molar-refractivity contribution is -0.129. The lowest BCUT2D eigenvalue weighted by atomic mass is 10.1. The second-order valence-electron chi connectivity index (χ2n) is 6.02. The Hall–Kier alpha value is -3.94. The number of nitrogens with zero attached hydrogens (tertiary/aromatic N) is 1. The smallest absolute Gasteiger partial charge is 0.338 e. The van der Waals surface area contributed by atoms with Crippen molar-refractivity contribution >= 4 is 29.9 Å². The molecular formula is C21H18N2O6. The number of carbonyl (C=O) groups is 4. The van der Waals surface area contributed by atoms with Gasteiger partial charge in [0, 0.05) is 12.1 Å². The number of benzene rings is 1. The first kappa shape index (κ1) is 19.8. The Balaban J connectivity index is 1.83. The van der Waals surface area contributed by atoms with Crippen molar-refractivity contribution in [2.45, 2.75) is 6.92 Å². The van der Waals surface area contributed by atoms with Crippen molar-refractivity contribution in [2.24, 2.45) is 0 Å². The van der Waals surface area contributed by atoms with Gasteiger partial charge < -0.3 is 9.15 Å².